The third kappa shape index (κ3) is 3.28. The predicted molar refractivity (Wildman–Crippen MR) is 75.7 cm³/mol. The molecule has 0 bridgehead atoms. The molecule has 0 saturated carbocycles. The van der Waals surface area contributed by atoms with Crippen LogP contribution in [0.1, 0.15) is 37.0 Å². The van der Waals surface area contributed by atoms with E-state index in [9.17, 15) is 9.90 Å². The summed E-state index contributed by atoms with van der Waals surface area (Å²) in [5.74, 6) is 0.478. The number of hydrogen-bond donors (Lipinski definition) is 1. The maximum Gasteiger partial charge on any atom is 0.259 e. The van der Waals surface area contributed by atoms with Gasteiger partial charge in [-0.3, -0.25) is 4.79 Å². The Morgan fingerprint density at radius 3 is 3.15 bits per heavy atom. The van der Waals surface area contributed by atoms with E-state index in [-0.39, 0.29) is 17.9 Å². The van der Waals surface area contributed by atoms with E-state index >= 15 is 0 Å². The molecule has 1 saturated heterocycles. The van der Waals surface area contributed by atoms with Crippen molar-refractivity contribution >= 4 is 5.91 Å². The van der Waals surface area contributed by atoms with Crippen LogP contribution in [0, 0.1) is 5.92 Å². The van der Waals surface area contributed by atoms with Crippen LogP contribution in [0.4, 0.5) is 0 Å². The summed E-state index contributed by atoms with van der Waals surface area (Å²) in [6.07, 6.45) is 3.13. The van der Waals surface area contributed by atoms with E-state index in [0.29, 0.717) is 24.6 Å². The van der Waals surface area contributed by atoms with Gasteiger partial charge in [-0.15, -0.1) is 0 Å². The molecule has 2 rings (SSSR count). The van der Waals surface area contributed by atoms with E-state index in [1.807, 2.05) is 6.92 Å². The zero-order valence-corrected chi connectivity index (χ0v) is 12.1. The molecule has 5 heteroatoms. The van der Waals surface area contributed by atoms with Gasteiger partial charge in [-0.2, -0.15) is 0 Å². The van der Waals surface area contributed by atoms with Gasteiger partial charge in [-0.05, 0) is 38.8 Å². The third-order valence-electron chi connectivity index (χ3n) is 3.71. The first-order valence-corrected chi connectivity index (χ1v) is 7.18. The molecule has 1 aromatic rings. The van der Waals surface area contributed by atoms with Crippen molar-refractivity contribution in [2.45, 2.75) is 32.8 Å². The van der Waals surface area contributed by atoms with Crippen LogP contribution < -0.4 is 4.74 Å². The van der Waals surface area contributed by atoms with Crippen molar-refractivity contribution in [2.24, 2.45) is 5.92 Å². The van der Waals surface area contributed by atoms with E-state index in [0.717, 1.165) is 19.4 Å². The minimum atomic E-state index is -0.383. The van der Waals surface area contributed by atoms with Crippen LogP contribution in [0.5, 0.6) is 5.88 Å². The number of carbonyl (C=O) groups is 1. The van der Waals surface area contributed by atoms with Gasteiger partial charge >= 0.3 is 0 Å². The fraction of sp³-hybridized carbons (Fsp3) is 0.600. The topological polar surface area (TPSA) is 62.7 Å². The molecule has 1 N–H and O–H groups in total. The minimum absolute atomic E-state index is 0.0631. The average Bonchev–Trinajstić information content (AvgIpc) is 2.47. The largest absolute Gasteiger partial charge is 0.477 e. The smallest absolute Gasteiger partial charge is 0.259 e. The summed E-state index contributed by atoms with van der Waals surface area (Å²) in [6.45, 7) is 5.45. The Labute approximate surface area is 119 Å². The van der Waals surface area contributed by atoms with Crippen molar-refractivity contribution in [1.82, 2.24) is 9.88 Å². The molecule has 0 radical (unpaired) electrons. The second-order valence-corrected chi connectivity index (χ2v) is 5.18. The van der Waals surface area contributed by atoms with Gasteiger partial charge in [-0.1, -0.05) is 0 Å². The number of likely N-dealkylation sites (tertiary alicyclic amines) is 1. The van der Waals surface area contributed by atoms with Crippen molar-refractivity contribution < 1.29 is 14.6 Å². The lowest BCUT2D eigenvalue weighted by molar-refractivity contribution is 0.0462. The average molecular weight is 278 g/mol. The summed E-state index contributed by atoms with van der Waals surface area (Å²) < 4.78 is 5.42. The molecule has 1 aliphatic heterocycles. The first-order valence-electron chi connectivity index (χ1n) is 7.18. The lowest BCUT2D eigenvalue weighted by atomic mass is 9.93. The van der Waals surface area contributed by atoms with Crippen LogP contribution in [0.25, 0.3) is 0 Å². The van der Waals surface area contributed by atoms with Gasteiger partial charge in [0.2, 0.25) is 5.88 Å². The zero-order valence-electron chi connectivity index (χ0n) is 12.1. The molecular formula is C15H22N2O3. The van der Waals surface area contributed by atoms with Gasteiger partial charge < -0.3 is 14.7 Å². The monoisotopic (exact) mass is 278 g/mol. The number of pyridine rings is 1. The van der Waals surface area contributed by atoms with Gasteiger partial charge in [0.1, 0.15) is 5.56 Å². The van der Waals surface area contributed by atoms with Gasteiger partial charge in [0.05, 0.1) is 12.7 Å². The summed E-state index contributed by atoms with van der Waals surface area (Å²) in [6, 6.07) is 3.48. The van der Waals surface area contributed by atoms with E-state index in [1.54, 1.807) is 30.2 Å². The zero-order chi connectivity index (χ0) is 14.5. The maximum absolute atomic E-state index is 12.6. The number of aliphatic hydroxyl groups is 1. The van der Waals surface area contributed by atoms with Gasteiger partial charge in [0, 0.05) is 25.2 Å². The van der Waals surface area contributed by atoms with Crippen molar-refractivity contribution in [3.63, 3.8) is 0 Å². The van der Waals surface area contributed by atoms with Crippen molar-refractivity contribution in [2.75, 3.05) is 19.7 Å². The van der Waals surface area contributed by atoms with E-state index in [2.05, 4.69) is 4.98 Å². The fourth-order valence-corrected chi connectivity index (χ4v) is 2.56. The Kier molecular flexibility index (Phi) is 4.95. The summed E-state index contributed by atoms with van der Waals surface area (Å²) in [5, 5.41) is 9.71. The van der Waals surface area contributed by atoms with Crippen molar-refractivity contribution in [3.8, 4) is 5.88 Å². The number of hydrogen-bond acceptors (Lipinski definition) is 4. The Bertz CT molecular complexity index is 462. The molecular weight excluding hydrogens is 256 g/mol. The highest BCUT2D eigenvalue weighted by molar-refractivity contribution is 5.96. The van der Waals surface area contributed by atoms with E-state index in [4.69, 9.17) is 4.74 Å². The summed E-state index contributed by atoms with van der Waals surface area (Å²) in [7, 11) is 0. The Morgan fingerprint density at radius 1 is 1.65 bits per heavy atom. The number of aliphatic hydroxyl groups excluding tert-OH is 1. The number of nitrogens with zero attached hydrogens (tertiary/aromatic N) is 2. The summed E-state index contributed by atoms with van der Waals surface area (Å²) >= 11 is 0. The molecule has 0 aromatic carbocycles. The molecule has 0 spiro atoms. The molecule has 5 nitrogen and oxygen atoms in total. The lowest BCUT2D eigenvalue weighted by Crippen LogP contribution is -2.43. The summed E-state index contributed by atoms with van der Waals surface area (Å²) in [4.78, 5) is 18.5. The SMILES string of the molecule is CCOc1ncccc1C(=O)N1CCCC(C(C)O)C1. The van der Waals surface area contributed by atoms with Crippen LogP contribution in [0.2, 0.25) is 0 Å². The van der Waals surface area contributed by atoms with Crippen LogP contribution >= 0.6 is 0 Å². The molecule has 2 unspecified atom stereocenters. The number of amides is 1. The first-order chi connectivity index (χ1) is 9.63. The molecule has 1 aromatic heterocycles. The summed E-state index contributed by atoms with van der Waals surface area (Å²) in [5.41, 5.74) is 0.501. The van der Waals surface area contributed by atoms with Gasteiger partial charge in [0.15, 0.2) is 0 Å². The molecule has 1 fully saturated rings. The molecule has 1 amide bonds. The van der Waals surface area contributed by atoms with Gasteiger partial charge in [0.25, 0.3) is 5.91 Å². The lowest BCUT2D eigenvalue weighted by Gasteiger charge is -2.34. The molecule has 2 atom stereocenters. The second-order valence-electron chi connectivity index (χ2n) is 5.18. The van der Waals surface area contributed by atoms with E-state index < -0.39 is 0 Å². The number of aromatic nitrogens is 1. The molecule has 2 heterocycles. The standard InChI is InChI=1S/C15H22N2O3/c1-3-20-14-13(7-4-8-16-14)15(19)17-9-5-6-12(10-17)11(2)18/h4,7-8,11-12,18H,3,5-6,9-10H2,1-2H3. The highest BCUT2D eigenvalue weighted by Crippen LogP contribution is 2.23. The van der Waals surface area contributed by atoms with Crippen LogP contribution in [-0.4, -0.2) is 46.7 Å². The number of carbonyl (C=O) groups excluding carboxylic acids is 1. The first kappa shape index (κ1) is 14.8. The predicted octanol–water partition coefficient (Wildman–Crippen LogP) is 1.71. The number of ether oxygens (including phenoxy) is 1. The highest BCUT2D eigenvalue weighted by atomic mass is 16.5. The Hall–Kier alpha value is -1.62. The second kappa shape index (κ2) is 6.70. The van der Waals surface area contributed by atoms with Crippen LogP contribution in [0.15, 0.2) is 18.3 Å². The molecule has 0 aliphatic carbocycles. The quantitative estimate of drug-likeness (QED) is 0.910. The fourth-order valence-electron chi connectivity index (χ4n) is 2.56. The molecule has 1 aliphatic rings. The minimum Gasteiger partial charge on any atom is -0.477 e. The Balaban J connectivity index is 2.14. The van der Waals surface area contributed by atoms with Crippen LogP contribution in [0.3, 0.4) is 0 Å². The normalized spacial score (nSPS) is 20.6. The van der Waals surface area contributed by atoms with Gasteiger partial charge in [-0.25, -0.2) is 4.98 Å². The van der Waals surface area contributed by atoms with E-state index in [1.165, 1.54) is 0 Å². The Morgan fingerprint density at radius 2 is 2.45 bits per heavy atom. The van der Waals surface area contributed by atoms with Crippen LogP contribution in [-0.2, 0) is 0 Å². The molecule has 110 valence electrons. The molecule has 20 heavy (non-hydrogen) atoms. The highest BCUT2D eigenvalue weighted by Gasteiger charge is 2.28. The maximum atomic E-state index is 12.6. The van der Waals surface area contributed by atoms with Crippen molar-refractivity contribution in [1.29, 1.82) is 0 Å². The number of rotatable bonds is 4. The number of piperidine rings is 1. The third-order valence-corrected chi connectivity index (χ3v) is 3.71. The van der Waals surface area contributed by atoms with Crippen molar-refractivity contribution in [3.05, 3.63) is 23.9 Å².